The van der Waals surface area contributed by atoms with E-state index in [0.29, 0.717) is 12.3 Å². The van der Waals surface area contributed by atoms with E-state index in [-0.39, 0.29) is 22.6 Å². The molecule has 1 aromatic rings. The minimum atomic E-state index is -0.400. The fraction of sp³-hybridized carbons (Fsp3) is 0.417. The summed E-state index contributed by atoms with van der Waals surface area (Å²) in [7, 11) is 0. The zero-order chi connectivity index (χ0) is 12.4. The van der Waals surface area contributed by atoms with Gasteiger partial charge in [-0.1, -0.05) is 18.5 Å². The Kier molecular flexibility index (Phi) is 3.54. The van der Waals surface area contributed by atoms with Crippen LogP contribution in [0.5, 0.6) is 5.75 Å². The van der Waals surface area contributed by atoms with Gasteiger partial charge < -0.3 is 15.2 Å². The van der Waals surface area contributed by atoms with E-state index in [0.717, 1.165) is 6.42 Å². The van der Waals surface area contributed by atoms with Crippen LogP contribution in [0.3, 0.4) is 0 Å². The van der Waals surface area contributed by atoms with Gasteiger partial charge in [-0.3, -0.25) is 4.79 Å². The maximum atomic E-state index is 11.9. The van der Waals surface area contributed by atoms with E-state index in [1.165, 1.54) is 12.1 Å². The Bertz CT molecular complexity index is 436. The Balaban J connectivity index is 2.05. The highest BCUT2D eigenvalue weighted by Crippen LogP contribution is 2.27. The second-order valence-corrected chi connectivity index (χ2v) is 4.62. The zero-order valence-corrected chi connectivity index (χ0v) is 10.2. The largest absolute Gasteiger partial charge is 0.506 e. The van der Waals surface area contributed by atoms with Crippen LogP contribution >= 0.6 is 11.6 Å². The number of hydrogen-bond acceptors (Lipinski definition) is 3. The Morgan fingerprint density at radius 2 is 2.35 bits per heavy atom. The first-order chi connectivity index (χ1) is 8.08. The maximum Gasteiger partial charge on any atom is 0.253 e. The van der Waals surface area contributed by atoms with E-state index in [1.54, 1.807) is 6.07 Å². The van der Waals surface area contributed by atoms with Crippen molar-refractivity contribution in [2.45, 2.75) is 19.4 Å². The van der Waals surface area contributed by atoms with Gasteiger partial charge in [0.15, 0.2) is 0 Å². The van der Waals surface area contributed by atoms with Crippen LogP contribution < -0.4 is 5.32 Å². The lowest BCUT2D eigenvalue weighted by Crippen LogP contribution is -2.31. The third kappa shape index (κ3) is 2.70. The molecule has 92 valence electrons. The van der Waals surface area contributed by atoms with Crippen LogP contribution in [0.2, 0.25) is 5.02 Å². The fourth-order valence-electron chi connectivity index (χ4n) is 1.83. The van der Waals surface area contributed by atoms with Crippen LogP contribution in [0, 0.1) is 5.92 Å². The van der Waals surface area contributed by atoms with E-state index in [9.17, 15) is 9.90 Å². The van der Waals surface area contributed by atoms with Crippen molar-refractivity contribution in [1.82, 2.24) is 0 Å². The van der Waals surface area contributed by atoms with Crippen LogP contribution in [0.1, 0.15) is 13.3 Å². The van der Waals surface area contributed by atoms with Crippen molar-refractivity contribution in [2.24, 2.45) is 5.92 Å². The predicted molar refractivity (Wildman–Crippen MR) is 65.3 cm³/mol. The highest BCUT2D eigenvalue weighted by molar-refractivity contribution is 6.32. The molecule has 5 heteroatoms. The van der Waals surface area contributed by atoms with Gasteiger partial charge in [-0.2, -0.15) is 0 Å². The topological polar surface area (TPSA) is 58.6 Å². The van der Waals surface area contributed by atoms with Crippen LogP contribution in [0.15, 0.2) is 18.2 Å². The summed E-state index contributed by atoms with van der Waals surface area (Å²) in [5.41, 5.74) is 0.556. The molecule has 1 aliphatic heterocycles. The molecule has 1 aromatic carbocycles. The highest BCUT2D eigenvalue weighted by atomic mass is 35.5. The van der Waals surface area contributed by atoms with Crippen LogP contribution in [0.4, 0.5) is 5.69 Å². The molecule has 1 fully saturated rings. The summed E-state index contributed by atoms with van der Waals surface area (Å²) in [6, 6.07) is 4.55. The number of nitrogens with one attached hydrogen (secondary N) is 1. The molecule has 1 aliphatic rings. The number of benzene rings is 1. The molecule has 0 aliphatic carbocycles. The molecule has 4 nitrogen and oxygen atoms in total. The van der Waals surface area contributed by atoms with Gasteiger partial charge in [-0.05, 0) is 30.5 Å². The molecule has 2 rings (SSSR count). The third-order valence-corrected chi connectivity index (χ3v) is 3.16. The average Bonchev–Trinajstić information content (AvgIpc) is 2.70. The molecule has 1 saturated heterocycles. The van der Waals surface area contributed by atoms with Gasteiger partial charge in [-0.25, -0.2) is 0 Å². The van der Waals surface area contributed by atoms with E-state index in [1.807, 2.05) is 6.92 Å². The number of halogens is 1. The first kappa shape index (κ1) is 12.2. The SMILES string of the molecule is CC1CCOC1C(=O)Nc1ccc(O)c(Cl)c1. The summed E-state index contributed by atoms with van der Waals surface area (Å²) >= 11 is 5.75. The first-order valence-corrected chi connectivity index (χ1v) is 5.86. The van der Waals surface area contributed by atoms with Gasteiger partial charge >= 0.3 is 0 Å². The summed E-state index contributed by atoms with van der Waals surface area (Å²) in [5, 5.41) is 12.2. The number of amides is 1. The first-order valence-electron chi connectivity index (χ1n) is 5.49. The minimum Gasteiger partial charge on any atom is -0.506 e. The van der Waals surface area contributed by atoms with Crippen molar-refractivity contribution in [1.29, 1.82) is 0 Å². The summed E-state index contributed by atoms with van der Waals surface area (Å²) in [6.45, 7) is 2.61. The van der Waals surface area contributed by atoms with Crippen molar-refractivity contribution in [3.63, 3.8) is 0 Å². The molecule has 2 unspecified atom stereocenters. The molecular weight excluding hydrogens is 242 g/mol. The van der Waals surface area contributed by atoms with E-state index in [2.05, 4.69) is 5.32 Å². The van der Waals surface area contributed by atoms with Gasteiger partial charge in [0, 0.05) is 12.3 Å². The second kappa shape index (κ2) is 4.94. The number of rotatable bonds is 2. The molecule has 0 saturated carbocycles. The Labute approximate surface area is 105 Å². The van der Waals surface area contributed by atoms with E-state index >= 15 is 0 Å². The van der Waals surface area contributed by atoms with Gasteiger partial charge in [-0.15, -0.1) is 0 Å². The number of anilines is 1. The Morgan fingerprint density at radius 3 is 2.94 bits per heavy atom. The maximum absolute atomic E-state index is 11.9. The minimum absolute atomic E-state index is 0.00449. The smallest absolute Gasteiger partial charge is 0.253 e. The number of phenolic OH excluding ortho intramolecular Hbond substituents is 1. The van der Waals surface area contributed by atoms with E-state index < -0.39 is 6.10 Å². The number of hydrogen-bond donors (Lipinski definition) is 2. The quantitative estimate of drug-likeness (QED) is 0.798. The van der Waals surface area contributed by atoms with Gasteiger partial charge in [0.1, 0.15) is 11.9 Å². The molecule has 2 N–H and O–H groups in total. The van der Waals surface area contributed by atoms with Crippen LogP contribution in [-0.4, -0.2) is 23.7 Å². The normalized spacial score (nSPS) is 23.6. The Hall–Kier alpha value is -1.26. The van der Waals surface area contributed by atoms with Crippen molar-refractivity contribution >= 4 is 23.2 Å². The van der Waals surface area contributed by atoms with E-state index in [4.69, 9.17) is 16.3 Å². The molecule has 17 heavy (non-hydrogen) atoms. The fourth-order valence-corrected chi connectivity index (χ4v) is 2.01. The van der Waals surface area contributed by atoms with Crippen molar-refractivity contribution in [2.75, 3.05) is 11.9 Å². The number of carbonyl (C=O) groups excluding carboxylic acids is 1. The van der Waals surface area contributed by atoms with Crippen LogP contribution in [-0.2, 0) is 9.53 Å². The molecule has 1 amide bonds. The summed E-state index contributed by atoms with van der Waals surface area (Å²) in [4.78, 5) is 11.9. The van der Waals surface area contributed by atoms with Crippen molar-refractivity contribution < 1.29 is 14.6 Å². The zero-order valence-electron chi connectivity index (χ0n) is 9.44. The summed E-state index contributed by atoms with van der Waals surface area (Å²) in [6.07, 6.45) is 0.497. The van der Waals surface area contributed by atoms with Gasteiger partial charge in [0.2, 0.25) is 0 Å². The summed E-state index contributed by atoms with van der Waals surface area (Å²) < 4.78 is 5.36. The number of ether oxygens (including phenoxy) is 1. The molecule has 0 spiro atoms. The highest BCUT2D eigenvalue weighted by Gasteiger charge is 2.30. The molecule has 0 bridgehead atoms. The average molecular weight is 256 g/mol. The second-order valence-electron chi connectivity index (χ2n) is 4.21. The molecule has 1 heterocycles. The van der Waals surface area contributed by atoms with Gasteiger partial charge in [0.25, 0.3) is 5.91 Å². The molecule has 0 radical (unpaired) electrons. The number of carbonyl (C=O) groups is 1. The number of phenols is 1. The van der Waals surface area contributed by atoms with Crippen molar-refractivity contribution in [3.05, 3.63) is 23.2 Å². The monoisotopic (exact) mass is 255 g/mol. The Morgan fingerprint density at radius 1 is 1.59 bits per heavy atom. The lowest BCUT2D eigenvalue weighted by molar-refractivity contribution is -0.126. The standard InChI is InChI=1S/C12H14ClNO3/c1-7-4-5-17-11(7)12(16)14-8-2-3-10(15)9(13)6-8/h2-3,6-7,11,15H,4-5H2,1H3,(H,14,16). The number of aromatic hydroxyl groups is 1. The predicted octanol–water partition coefficient (Wildman–Crippen LogP) is 2.41. The summed E-state index contributed by atoms with van der Waals surface area (Å²) in [5.74, 6) is 0.0505. The van der Waals surface area contributed by atoms with Crippen LogP contribution in [0.25, 0.3) is 0 Å². The molecule has 0 aromatic heterocycles. The lowest BCUT2D eigenvalue weighted by Gasteiger charge is -2.14. The third-order valence-electron chi connectivity index (χ3n) is 2.86. The molecular formula is C12H14ClNO3. The van der Waals surface area contributed by atoms with Crippen molar-refractivity contribution in [3.8, 4) is 5.75 Å². The molecule has 2 atom stereocenters. The van der Waals surface area contributed by atoms with Gasteiger partial charge in [0.05, 0.1) is 5.02 Å². The lowest BCUT2D eigenvalue weighted by atomic mass is 10.0.